The fourth-order valence-corrected chi connectivity index (χ4v) is 2.10. The number of unbranched alkanes of at least 4 members (excludes halogenated alkanes) is 1. The maximum absolute atomic E-state index is 12.2. The van der Waals surface area contributed by atoms with Gasteiger partial charge in [-0.3, -0.25) is 0 Å². The Morgan fingerprint density at radius 1 is 1.43 bits per heavy atom. The fraction of sp³-hybridized carbons (Fsp3) is 0.467. The second-order valence-electron chi connectivity index (χ2n) is 4.91. The van der Waals surface area contributed by atoms with E-state index in [9.17, 15) is 4.79 Å². The molecule has 6 heteroatoms. The highest BCUT2D eigenvalue weighted by molar-refractivity contribution is 5.91. The number of rotatable bonds is 6. The number of nitrogens with one attached hydrogen (secondary N) is 1. The van der Waals surface area contributed by atoms with E-state index in [4.69, 9.17) is 9.52 Å². The number of hydrogen-bond donors (Lipinski definition) is 2. The number of carbonyl (C=O) groups excluding carboxylic acids is 1. The van der Waals surface area contributed by atoms with Gasteiger partial charge in [0.2, 0.25) is 0 Å². The van der Waals surface area contributed by atoms with Crippen molar-refractivity contribution in [2.24, 2.45) is 0 Å². The van der Waals surface area contributed by atoms with Crippen LogP contribution >= 0.6 is 0 Å². The minimum absolute atomic E-state index is 0.0442. The van der Waals surface area contributed by atoms with Crippen LogP contribution in [0.4, 0.5) is 10.5 Å². The number of oxazole rings is 1. The van der Waals surface area contributed by atoms with Crippen molar-refractivity contribution in [2.75, 3.05) is 25.0 Å². The molecule has 0 saturated heterocycles. The zero-order valence-corrected chi connectivity index (χ0v) is 12.4. The number of nitrogens with zero attached hydrogens (tertiary/aromatic N) is 2. The van der Waals surface area contributed by atoms with Gasteiger partial charge in [0.15, 0.2) is 11.5 Å². The van der Waals surface area contributed by atoms with E-state index in [0.29, 0.717) is 30.3 Å². The van der Waals surface area contributed by atoms with Crippen molar-refractivity contribution in [1.29, 1.82) is 0 Å². The number of aliphatic hydroxyl groups excluding tert-OH is 1. The number of aliphatic hydroxyl groups is 1. The van der Waals surface area contributed by atoms with Crippen molar-refractivity contribution in [1.82, 2.24) is 9.88 Å². The third kappa shape index (κ3) is 3.95. The Hall–Kier alpha value is -2.08. The highest BCUT2D eigenvalue weighted by atomic mass is 16.3. The molecule has 0 spiro atoms. The van der Waals surface area contributed by atoms with Crippen LogP contribution in [0.2, 0.25) is 0 Å². The van der Waals surface area contributed by atoms with Crippen molar-refractivity contribution in [2.45, 2.75) is 26.7 Å². The maximum atomic E-state index is 12.2. The first-order valence-corrected chi connectivity index (χ1v) is 7.18. The number of urea groups is 1. The molecule has 1 aromatic carbocycles. The second-order valence-corrected chi connectivity index (χ2v) is 4.91. The van der Waals surface area contributed by atoms with Crippen LogP contribution < -0.4 is 5.32 Å². The molecular weight excluding hydrogens is 270 g/mol. The smallest absolute Gasteiger partial charge is 0.321 e. The van der Waals surface area contributed by atoms with Crippen LogP contribution in [-0.4, -0.2) is 40.7 Å². The number of anilines is 1. The summed E-state index contributed by atoms with van der Waals surface area (Å²) in [6.07, 6.45) is 1.91. The number of carbonyl (C=O) groups is 1. The Kier molecular flexibility index (Phi) is 5.16. The molecular formula is C15H21N3O3. The average molecular weight is 291 g/mol. The van der Waals surface area contributed by atoms with Crippen molar-refractivity contribution in [3.63, 3.8) is 0 Å². The summed E-state index contributed by atoms with van der Waals surface area (Å²) in [5.74, 6) is 0.596. The minimum atomic E-state index is -0.215. The molecule has 0 aliphatic heterocycles. The zero-order valence-electron chi connectivity index (χ0n) is 12.4. The van der Waals surface area contributed by atoms with Gasteiger partial charge in [-0.2, -0.15) is 0 Å². The lowest BCUT2D eigenvalue weighted by Crippen LogP contribution is -2.37. The molecule has 2 amide bonds. The molecule has 114 valence electrons. The van der Waals surface area contributed by atoms with Gasteiger partial charge in [0.25, 0.3) is 0 Å². The lowest BCUT2D eigenvalue weighted by atomic mass is 10.3. The van der Waals surface area contributed by atoms with Crippen LogP contribution in [0.25, 0.3) is 11.1 Å². The van der Waals surface area contributed by atoms with E-state index >= 15 is 0 Å². The number of aryl methyl sites for hydroxylation is 1. The lowest BCUT2D eigenvalue weighted by molar-refractivity contribution is 0.187. The SMILES string of the molecule is CCCCN(CCO)C(=O)Nc1ccc2nc(C)oc2c1. The molecule has 0 unspecified atom stereocenters. The topological polar surface area (TPSA) is 78.6 Å². The standard InChI is InChI=1S/C15H21N3O3/c1-3-4-7-18(8-9-19)15(20)17-12-5-6-13-14(10-12)21-11(2)16-13/h5-6,10,19H,3-4,7-9H2,1-2H3,(H,17,20). The van der Waals surface area contributed by atoms with E-state index in [2.05, 4.69) is 17.2 Å². The largest absolute Gasteiger partial charge is 0.441 e. The van der Waals surface area contributed by atoms with Crippen LogP contribution in [0.3, 0.4) is 0 Å². The molecule has 1 heterocycles. The van der Waals surface area contributed by atoms with Crippen LogP contribution in [0.15, 0.2) is 22.6 Å². The van der Waals surface area contributed by atoms with E-state index < -0.39 is 0 Å². The van der Waals surface area contributed by atoms with Crippen LogP contribution in [0, 0.1) is 6.92 Å². The average Bonchev–Trinajstić information content (AvgIpc) is 2.82. The molecule has 0 radical (unpaired) electrons. The third-order valence-electron chi connectivity index (χ3n) is 3.19. The van der Waals surface area contributed by atoms with Crippen molar-refractivity contribution >= 4 is 22.8 Å². The number of benzene rings is 1. The molecule has 2 aromatic rings. The predicted octanol–water partition coefficient (Wildman–Crippen LogP) is 2.76. The van der Waals surface area contributed by atoms with Crippen molar-refractivity contribution in [3.8, 4) is 0 Å². The highest BCUT2D eigenvalue weighted by Crippen LogP contribution is 2.20. The van der Waals surface area contributed by atoms with Gasteiger partial charge in [-0.1, -0.05) is 13.3 Å². The van der Waals surface area contributed by atoms with Crippen LogP contribution in [-0.2, 0) is 0 Å². The van der Waals surface area contributed by atoms with E-state index in [-0.39, 0.29) is 12.6 Å². The lowest BCUT2D eigenvalue weighted by Gasteiger charge is -2.21. The molecule has 0 bridgehead atoms. The molecule has 2 N–H and O–H groups in total. The van der Waals surface area contributed by atoms with Gasteiger partial charge < -0.3 is 19.7 Å². The summed E-state index contributed by atoms with van der Waals surface area (Å²) in [4.78, 5) is 18.0. The van der Waals surface area contributed by atoms with Gasteiger partial charge in [-0.15, -0.1) is 0 Å². The zero-order chi connectivity index (χ0) is 15.2. The fourth-order valence-electron chi connectivity index (χ4n) is 2.10. The van der Waals surface area contributed by atoms with E-state index in [0.717, 1.165) is 18.4 Å². The molecule has 1 aromatic heterocycles. The Balaban J connectivity index is 2.07. The van der Waals surface area contributed by atoms with Gasteiger partial charge in [-0.05, 0) is 18.6 Å². The molecule has 0 atom stereocenters. The minimum Gasteiger partial charge on any atom is -0.441 e. The van der Waals surface area contributed by atoms with Crippen molar-refractivity contribution in [3.05, 3.63) is 24.1 Å². The molecule has 0 aliphatic rings. The van der Waals surface area contributed by atoms with Gasteiger partial charge in [0, 0.05) is 31.8 Å². The van der Waals surface area contributed by atoms with Gasteiger partial charge in [-0.25, -0.2) is 9.78 Å². The monoisotopic (exact) mass is 291 g/mol. The van der Waals surface area contributed by atoms with Gasteiger partial charge >= 0.3 is 6.03 Å². The van der Waals surface area contributed by atoms with Gasteiger partial charge in [0.1, 0.15) is 5.52 Å². The number of amides is 2. The summed E-state index contributed by atoms with van der Waals surface area (Å²) in [6, 6.07) is 5.14. The number of fused-ring (bicyclic) bond motifs is 1. The van der Waals surface area contributed by atoms with E-state index in [1.54, 1.807) is 24.0 Å². The molecule has 6 nitrogen and oxygen atoms in total. The number of aromatic nitrogens is 1. The first kappa shape index (κ1) is 15.3. The first-order valence-electron chi connectivity index (χ1n) is 7.18. The second kappa shape index (κ2) is 7.08. The Morgan fingerprint density at radius 2 is 2.24 bits per heavy atom. The quantitative estimate of drug-likeness (QED) is 0.857. The van der Waals surface area contributed by atoms with Crippen LogP contribution in [0.1, 0.15) is 25.7 Å². The predicted molar refractivity (Wildman–Crippen MR) is 81.3 cm³/mol. The van der Waals surface area contributed by atoms with Crippen LogP contribution in [0.5, 0.6) is 0 Å². The first-order chi connectivity index (χ1) is 10.1. The highest BCUT2D eigenvalue weighted by Gasteiger charge is 2.13. The molecule has 21 heavy (non-hydrogen) atoms. The molecule has 2 rings (SSSR count). The summed E-state index contributed by atoms with van der Waals surface area (Å²) in [7, 11) is 0. The number of hydrogen-bond acceptors (Lipinski definition) is 4. The molecule has 0 fully saturated rings. The summed E-state index contributed by atoms with van der Waals surface area (Å²) in [6.45, 7) is 4.76. The summed E-state index contributed by atoms with van der Waals surface area (Å²) in [5, 5.41) is 11.9. The van der Waals surface area contributed by atoms with E-state index in [1.807, 2.05) is 6.07 Å². The molecule has 0 saturated carbocycles. The van der Waals surface area contributed by atoms with E-state index in [1.165, 1.54) is 0 Å². The molecule has 0 aliphatic carbocycles. The normalized spacial score (nSPS) is 10.8. The van der Waals surface area contributed by atoms with Crippen molar-refractivity contribution < 1.29 is 14.3 Å². The third-order valence-corrected chi connectivity index (χ3v) is 3.19. The summed E-state index contributed by atoms with van der Waals surface area (Å²) >= 11 is 0. The summed E-state index contributed by atoms with van der Waals surface area (Å²) < 4.78 is 5.45. The Labute approximate surface area is 123 Å². The maximum Gasteiger partial charge on any atom is 0.321 e. The Morgan fingerprint density at radius 3 is 2.95 bits per heavy atom. The van der Waals surface area contributed by atoms with Gasteiger partial charge in [0.05, 0.1) is 6.61 Å². The Bertz CT molecular complexity index is 609. The summed E-state index contributed by atoms with van der Waals surface area (Å²) in [5.41, 5.74) is 2.07.